The van der Waals surface area contributed by atoms with Gasteiger partial charge in [-0.3, -0.25) is 9.89 Å². The zero-order chi connectivity index (χ0) is 19.5. The van der Waals surface area contributed by atoms with E-state index in [4.69, 9.17) is 19.2 Å². The highest BCUT2D eigenvalue weighted by atomic mass is 127. The van der Waals surface area contributed by atoms with Crippen molar-refractivity contribution >= 4 is 35.6 Å². The van der Waals surface area contributed by atoms with Crippen LogP contribution in [0.2, 0.25) is 0 Å². The number of halogens is 1. The molecule has 2 rings (SSSR count). The number of methoxy groups -OCH3 is 2. The van der Waals surface area contributed by atoms with Crippen molar-refractivity contribution in [2.24, 2.45) is 4.99 Å². The molecule has 1 aliphatic rings. The molecule has 1 aromatic rings. The minimum absolute atomic E-state index is 0. The van der Waals surface area contributed by atoms with Gasteiger partial charge in [-0.25, -0.2) is 0 Å². The normalized spacial score (nSPS) is 13.8. The Labute approximate surface area is 186 Å². The number of nitrogens with zero attached hydrogens (tertiary/aromatic N) is 2. The predicted octanol–water partition coefficient (Wildman–Crippen LogP) is 3.20. The zero-order valence-corrected chi connectivity index (χ0v) is 19.8. The first-order valence-electron chi connectivity index (χ1n) is 9.80. The summed E-state index contributed by atoms with van der Waals surface area (Å²) in [4.78, 5) is 7.19. The van der Waals surface area contributed by atoms with Gasteiger partial charge in [-0.15, -0.1) is 24.0 Å². The molecule has 0 unspecified atom stereocenters. The molecule has 1 fully saturated rings. The number of nitrogens with one attached hydrogen (secondary N) is 2. The van der Waals surface area contributed by atoms with Crippen molar-refractivity contribution in [2.45, 2.75) is 32.7 Å². The summed E-state index contributed by atoms with van der Waals surface area (Å²) >= 11 is 0. The van der Waals surface area contributed by atoms with Gasteiger partial charge in [0.25, 0.3) is 0 Å². The van der Waals surface area contributed by atoms with Crippen molar-refractivity contribution in [1.82, 2.24) is 10.2 Å². The van der Waals surface area contributed by atoms with Gasteiger partial charge in [0.2, 0.25) is 0 Å². The van der Waals surface area contributed by atoms with E-state index >= 15 is 0 Å². The first kappa shape index (κ1) is 24.8. The quantitative estimate of drug-likeness (QED) is 0.258. The molecule has 0 spiro atoms. The van der Waals surface area contributed by atoms with Gasteiger partial charge < -0.3 is 24.8 Å². The predicted molar refractivity (Wildman–Crippen MR) is 126 cm³/mol. The van der Waals surface area contributed by atoms with Crippen molar-refractivity contribution in [3.8, 4) is 11.5 Å². The molecule has 2 N–H and O–H groups in total. The van der Waals surface area contributed by atoms with Gasteiger partial charge in [-0.05, 0) is 38.8 Å². The summed E-state index contributed by atoms with van der Waals surface area (Å²) in [5.41, 5.74) is 0.914. The van der Waals surface area contributed by atoms with Gasteiger partial charge in [0.05, 0.1) is 26.9 Å². The molecule has 8 heteroatoms. The Kier molecular flexibility index (Phi) is 12.2. The summed E-state index contributed by atoms with van der Waals surface area (Å²) < 4.78 is 16.2. The molecule has 0 atom stereocenters. The second kappa shape index (κ2) is 13.8. The number of anilines is 1. The van der Waals surface area contributed by atoms with Crippen LogP contribution in [-0.2, 0) is 4.74 Å². The first-order chi connectivity index (χ1) is 13.2. The van der Waals surface area contributed by atoms with Gasteiger partial charge in [0, 0.05) is 44.5 Å². The molecule has 0 radical (unpaired) electrons. The second-order valence-electron chi connectivity index (χ2n) is 6.44. The smallest absolute Gasteiger partial charge is 0.195 e. The zero-order valence-electron chi connectivity index (χ0n) is 17.5. The Balaban J connectivity index is 0.00000392. The Morgan fingerprint density at radius 3 is 2.57 bits per heavy atom. The largest absolute Gasteiger partial charge is 0.493 e. The number of aliphatic imine (C=N–C) groups is 1. The van der Waals surface area contributed by atoms with Crippen LogP contribution in [0.25, 0.3) is 0 Å². The van der Waals surface area contributed by atoms with Crippen molar-refractivity contribution in [3.05, 3.63) is 18.2 Å². The fourth-order valence-electron chi connectivity index (χ4n) is 2.88. The summed E-state index contributed by atoms with van der Waals surface area (Å²) in [6.07, 6.45) is 2.58. The SMILES string of the molecule is CCNC(=NCCN(CCOC)C1CC1)Nc1ccc(OC)c(OCC)c1.I. The van der Waals surface area contributed by atoms with Crippen molar-refractivity contribution in [2.75, 3.05) is 58.9 Å². The Hall–Kier alpha value is -1.26. The number of rotatable bonds is 12. The van der Waals surface area contributed by atoms with E-state index in [0.29, 0.717) is 12.6 Å². The van der Waals surface area contributed by atoms with E-state index in [9.17, 15) is 0 Å². The number of guanidine groups is 1. The summed E-state index contributed by atoms with van der Waals surface area (Å²) in [6.45, 7) is 8.83. The monoisotopic (exact) mass is 506 g/mol. The lowest BCUT2D eigenvalue weighted by Gasteiger charge is -2.20. The molecule has 1 aliphatic carbocycles. The topological polar surface area (TPSA) is 67.4 Å². The molecule has 28 heavy (non-hydrogen) atoms. The second-order valence-corrected chi connectivity index (χ2v) is 6.44. The third-order valence-electron chi connectivity index (χ3n) is 4.37. The molecule has 0 heterocycles. The first-order valence-corrected chi connectivity index (χ1v) is 9.80. The lowest BCUT2D eigenvalue weighted by Crippen LogP contribution is -2.34. The molecule has 0 saturated heterocycles. The summed E-state index contributed by atoms with van der Waals surface area (Å²) in [7, 11) is 3.40. The third kappa shape index (κ3) is 8.40. The van der Waals surface area contributed by atoms with Crippen LogP contribution < -0.4 is 20.1 Å². The van der Waals surface area contributed by atoms with Crippen molar-refractivity contribution in [3.63, 3.8) is 0 Å². The molecular weight excluding hydrogens is 471 g/mol. The summed E-state index contributed by atoms with van der Waals surface area (Å²) in [6, 6.07) is 6.51. The maximum Gasteiger partial charge on any atom is 0.195 e. The number of hydrogen-bond donors (Lipinski definition) is 2. The van der Waals surface area contributed by atoms with Crippen LogP contribution in [0.4, 0.5) is 5.69 Å². The minimum Gasteiger partial charge on any atom is -0.493 e. The Morgan fingerprint density at radius 1 is 1.18 bits per heavy atom. The highest BCUT2D eigenvalue weighted by Crippen LogP contribution is 2.30. The fourth-order valence-corrected chi connectivity index (χ4v) is 2.88. The average molecular weight is 506 g/mol. The molecule has 0 aliphatic heterocycles. The van der Waals surface area contributed by atoms with Crippen LogP contribution in [0.3, 0.4) is 0 Å². The van der Waals surface area contributed by atoms with Crippen LogP contribution in [0.15, 0.2) is 23.2 Å². The minimum atomic E-state index is 0. The van der Waals surface area contributed by atoms with Gasteiger partial charge in [-0.2, -0.15) is 0 Å². The molecule has 0 amide bonds. The van der Waals surface area contributed by atoms with Gasteiger partial charge in [0.1, 0.15) is 0 Å². The Morgan fingerprint density at radius 2 is 1.96 bits per heavy atom. The summed E-state index contributed by atoms with van der Waals surface area (Å²) in [5.74, 6) is 2.22. The number of ether oxygens (including phenoxy) is 3. The highest BCUT2D eigenvalue weighted by molar-refractivity contribution is 14.0. The molecule has 0 aromatic heterocycles. The van der Waals surface area contributed by atoms with Crippen molar-refractivity contribution in [1.29, 1.82) is 0 Å². The van der Waals surface area contributed by atoms with E-state index < -0.39 is 0 Å². The van der Waals surface area contributed by atoms with Gasteiger partial charge >= 0.3 is 0 Å². The maximum absolute atomic E-state index is 5.65. The lowest BCUT2D eigenvalue weighted by atomic mass is 10.2. The third-order valence-corrected chi connectivity index (χ3v) is 4.37. The average Bonchev–Trinajstić information content (AvgIpc) is 3.50. The lowest BCUT2D eigenvalue weighted by molar-refractivity contribution is 0.145. The molecule has 160 valence electrons. The standard InChI is InChI=1S/C20H34N4O3.HI/c1-5-21-20(22-11-12-24(13-14-25-3)17-8-9-17)23-16-7-10-18(26-4)19(15-16)27-6-2;/h7,10,15,17H,5-6,8-9,11-14H2,1-4H3,(H2,21,22,23);1H. The number of hydrogen-bond acceptors (Lipinski definition) is 5. The van der Waals surface area contributed by atoms with Gasteiger partial charge in [0.15, 0.2) is 17.5 Å². The van der Waals surface area contributed by atoms with Crippen LogP contribution in [-0.4, -0.2) is 70.5 Å². The summed E-state index contributed by atoms with van der Waals surface area (Å²) in [5, 5.41) is 6.65. The molecule has 1 aromatic carbocycles. The number of benzene rings is 1. The van der Waals surface area contributed by atoms with Crippen LogP contribution >= 0.6 is 24.0 Å². The van der Waals surface area contributed by atoms with E-state index in [1.807, 2.05) is 25.1 Å². The van der Waals surface area contributed by atoms with Crippen LogP contribution in [0, 0.1) is 0 Å². The molecule has 1 saturated carbocycles. The van der Waals surface area contributed by atoms with Crippen molar-refractivity contribution < 1.29 is 14.2 Å². The molecule has 7 nitrogen and oxygen atoms in total. The highest BCUT2D eigenvalue weighted by Gasteiger charge is 2.28. The van der Waals surface area contributed by atoms with Gasteiger partial charge in [-0.1, -0.05) is 0 Å². The van der Waals surface area contributed by atoms with Crippen LogP contribution in [0.5, 0.6) is 11.5 Å². The van der Waals surface area contributed by atoms with E-state index in [1.165, 1.54) is 12.8 Å². The molecular formula is C20H35IN4O3. The van der Waals surface area contributed by atoms with E-state index in [-0.39, 0.29) is 24.0 Å². The van der Waals surface area contributed by atoms with Crippen LogP contribution in [0.1, 0.15) is 26.7 Å². The maximum atomic E-state index is 5.65. The molecule has 0 bridgehead atoms. The Bertz CT molecular complexity index is 597. The van der Waals surface area contributed by atoms with E-state index in [2.05, 4.69) is 22.5 Å². The van der Waals surface area contributed by atoms with E-state index in [0.717, 1.165) is 55.9 Å². The van der Waals surface area contributed by atoms with E-state index in [1.54, 1.807) is 14.2 Å². The fraction of sp³-hybridized carbons (Fsp3) is 0.650.